The zero-order chi connectivity index (χ0) is 19.8. The van der Waals surface area contributed by atoms with Gasteiger partial charge in [0.2, 0.25) is 0 Å². The van der Waals surface area contributed by atoms with E-state index >= 15 is 0 Å². The van der Waals surface area contributed by atoms with Crippen LogP contribution in [0, 0.1) is 6.92 Å². The predicted molar refractivity (Wildman–Crippen MR) is 101 cm³/mol. The Bertz CT molecular complexity index is 727. The largest absolute Gasteiger partial charge is 0.332 e. The van der Waals surface area contributed by atoms with Crippen LogP contribution in [0.2, 0.25) is 0 Å². The van der Waals surface area contributed by atoms with E-state index in [4.69, 9.17) is 13.2 Å². The predicted octanol–water partition coefficient (Wildman–Crippen LogP) is 2.22. The smallest absolute Gasteiger partial charge is 0.309 e. The van der Waals surface area contributed by atoms with Crippen molar-refractivity contribution in [3.05, 3.63) is 29.8 Å². The molecule has 150 valence electrons. The number of rotatable bonds is 12. The Morgan fingerprint density at radius 1 is 1.15 bits per heavy atom. The molecule has 0 saturated carbocycles. The summed E-state index contributed by atoms with van der Waals surface area (Å²) in [4.78, 5) is 0.502. The monoisotopic (exact) mass is 427 g/mol. The normalized spacial score (nSPS) is 14.9. The lowest BCUT2D eigenvalue weighted by Gasteiger charge is -2.23. The summed E-state index contributed by atoms with van der Waals surface area (Å²) in [6.45, 7) is 5.23. The topological polar surface area (TPSA) is 108 Å². The second-order valence-electron chi connectivity index (χ2n) is 5.51. The van der Waals surface area contributed by atoms with Gasteiger partial charge in [-0.3, -0.25) is 8.75 Å². The van der Waals surface area contributed by atoms with Gasteiger partial charge in [0.1, 0.15) is 11.0 Å². The summed E-state index contributed by atoms with van der Waals surface area (Å²) in [6, 6.07) is 6.18. The number of aryl methyl sites for hydroxylation is 1. The maximum Gasteiger partial charge on any atom is 0.332 e. The fraction of sp³-hybridized carbons (Fsp3) is 0.600. The van der Waals surface area contributed by atoms with E-state index in [0.29, 0.717) is 4.90 Å². The Kier molecular flexibility index (Phi) is 9.60. The van der Waals surface area contributed by atoms with Crippen LogP contribution >= 0.6 is 7.60 Å². The van der Waals surface area contributed by atoms with Gasteiger partial charge in [-0.25, -0.2) is 8.93 Å². The number of hydrogen-bond acceptors (Lipinski definition) is 7. The molecule has 2 atom stereocenters. The molecule has 11 heteroatoms. The zero-order valence-corrected chi connectivity index (χ0v) is 17.9. The van der Waals surface area contributed by atoms with Crippen molar-refractivity contribution in [3.63, 3.8) is 0 Å². The highest BCUT2D eigenvalue weighted by Crippen LogP contribution is 2.48. The first-order valence-electron chi connectivity index (χ1n) is 8.05. The van der Waals surface area contributed by atoms with Crippen molar-refractivity contribution < 1.29 is 30.4 Å². The van der Waals surface area contributed by atoms with E-state index in [1.54, 1.807) is 26.0 Å². The van der Waals surface area contributed by atoms with Gasteiger partial charge in [0.25, 0.3) is 10.1 Å². The van der Waals surface area contributed by atoms with E-state index in [0.717, 1.165) is 11.8 Å². The third-order valence-electron chi connectivity index (χ3n) is 3.09. The highest BCUT2D eigenvalue weighted by Gasteiger charge is 2.30. The van der Waals surface area contributed by atoms with E-state index < -0.39 is 34.7 Å². The summed E-state index contributed by atoms with van der Waals surface area (Å²) in [5.41, 5.74) is 1.01. The van der Waals surface area contributed by atoms with Gasteiger partial charge in [-0.05, 0) is 32.9 Å². The Morgan fingerprint density at radius 2 is 1.69 bits per heavy atom. The molecule has 26 heavy (non-hydrogen) atoms. The van der Waals surface area contributed by atoms with Gasteiger partial charge >= 0.3 is 7.60 Å². The lowest BCUT2D eigenvalue weighted by Crippen LogP contribution is -2.39. The molecular weight excluding hydrogens is 401 g/mol. The second kappa shape index (κ2) is 10.7. The summed E-state index contributed by atoms with van der Waals surface area (Å²) < 4.78 is 65.8. The van der Waals surface area contributed by atoms with Gasteiger partial charge in [0, 0.05) is 0 Å². The minimum Gasteiger partial charge on any atom is -0.309 e. The molecule has 0 saturated heterocycles. The van der Waals surface area contributed by atoms with Crippen LogP contribution in [0.1, 0.15) is 19.4 Å². The van der Waals surface area contributed by atoms with Gasteiger partial charge in [-0.2, -0.15) is 8.42 Å². The summed E-state index contributed by atoms with van der Waals surface area (Å²) in [5, 5.41) is 0. The maximum atomic E-state index is 12.7. The number of hydrogen-bond donors (Lipinski definition) is 1. The van der Waals surface area contributed by atoms with Crippen molar-refractivity contribution in [2.24, 2.45) is 0 Å². The summed E-state index contributed by atoms with van der Waals surface area (Å²) in [5.74, 6) is 0. The van der Waals surface area contributed by atoms with E-state index in [2.05, 4.69) is 4.72 Å². The van der Waals surface area contributed by atoms with E-state index in [-0.39, 0.29) is 26.0 Å². The quantitative estimate of drug-likeness (QED) is 0.402. The Morgan fingerprint density at radius 3 is 2.15 bits per heavy atom. The molecule has 1 aromatic rings. The molecule has 1 N–H and O–H groups in total. The zero-order valence-electron chi connectivity index (χ0n) is 15.3. The molecule has 1 unspecified atom stereocenters. The summed E-state index contributed by atoms with van der Waals surface area (Å²) in [7, 11) is -8.85. The molecule has 0 amide bonds. The van der Waals surface area contributed by atoms with Crippen molar-refractivity contribution in [2.45, 2.75) is 31.7 Å². The van der Waals surface area contributed by atoms with Crippen LogP contribution in [0.4, 0.5) is 0 Å². The molecule has 1 rings (SSSR count). The van der Waals surface area contributed by atoms with Crippen LogP contribution in [0.25, 0.3) is 0 Å². The fourth-order valence-corrected chi connectivity index (χ4v) is 5.33. The summed E-state index contributed by atoms with van der Waals surface area (Å²) >= 11 is 0. The molecule has 0 aliphatic heterocycles. The molecule has 0 aliphatic carbocycles. The van der Waals surface area contributed by atoms with Crippen LogP contribution < -0.4 is 4.72 Å². The Labute approximate surface area is 157 Å². The molecule has 0 aliphatic rings. The van der Waals surface area contributed by atoms with Crippen molar-refractivity contribution >= 4 is 28.7 Å². The Hall–Kier alpha value is -0.610. The van der Waals surface area contributed by atoms with Gasteiger partial charge in [0.05, 0.1) is 43.2 Å². The first kappa shape index (κ1) is 23.4. The van der Waals surface area contributed by atoms with E-state index in [1.807, 2.05) is 19.1 Å². The molecule has 0 aromatic heterocycles. The van der Waals surface area contributed by atoms with Gasteiger partial charge in [0.15, 0.2) is 0 Å². The molecule has 0 spiro atoms. The van der Waals surface area contributed by atoms with Crippen molar-refractivity contribution in [3.8, 4) is 0 Å². The molecule has 0 heterocycles. The molecule has 0 radical (unpaired) electrons. The number of nitrogens with one attached hydrogen (secondary N) is 1. The SMILES string of the molecule is CCOP(=O)(C[C@@H](COS(C)(=O)=O)NS(=O)c1ccc(C)cc1)OCC. The third-order valence-corrected chi connectivity index (χ3v) is 7.09. The molecule has 8 nitrogen and oxygen atoms in total. The highest BCUT2D eigenvalue weighted by atomic mass is 32.2. The Balaban J connectivity index is 2.94. The molecular formula is C15H26NO7PS2. The number of benzene rings is 1. The van der Waals surface area contributed by atoms with Crippen LogP contribution in [0.15, 0.2) is 29.2 Å². The van der Waals surface area contributed by atoms with Gasteiger partial charge in [-0.15, -0.1) is 0 Å². The minimum absolute atomic E-state index is 0.165. The standard InChI is InChI=1S/C15H26NO7PS2/c1-5-21-24(17,22-6-2)12-14(11-23-26(4,19)20)16-25(18)15-9-7-13(3)8-10-15/h7-10,14,16H,5-6,11-12H2,1-4H3/t14-,25?/m1/s1. The highest BCUT2D eigenvalue weighted by molar-refractivity contribution is 7.86. The van der Waals surface area contributed by atoms with Crippen LogP contribution in [0.5, 0.6) is 0 Å². The lowest BCUT2D eigenvalue weighted by atomic mass is 10.2. The van der Waals surface area contributed by atoms with Crippen molar-refractivity contribution in [1.82, 2.24) is 4.72 Å². The van der Waals surface area contributed by atoms with Gasteiger partial charge < -0.3 is 9.05 Å². The molecule has 0 fully saturated rings. The second-order valence-corrected chi connectivity index (χ2v) is 10.5. The van der Waals surface area contributed by atoms with Crippen molar-refractivity contribution in [2.75, 3.05) is 32.2 Å². The van der Waals surface area contributed by atoms with Gasteiger partial charge in [-0.1, -0.05) is 17.7 Å². The molecule has 0 bridgehead atoms. The lowest BCUT2D eigenvalue weighted by molar-refractivity contribution is 0.212. The first-order valence-corrected chi connectivity index (χ1v) is 12.7. The minimum atomic E-state index is -3.72. The average Bonchev–Trinajstić information content (AvgIpc) is 2.53. The van der Waals surface area contributed by atoms with E-state index in [1.165, 1.54) is 0 Å². The van der Waals surface area contributed by atoms with Crippen LogP contribution in [-0.2, 0) is 38.9 Å². The van der Waals surface area contributed by atoms with E-state index in [9.17, 15) is 17.2 Å². The average molecular weight is 427 g/mol. The maximum absolute atomic E-state index is 12.7. The summed E-state index contributed by atoms with van der Waals surface area (Å²) in [6.07, 6.45) is 0.730. The fourth-order valence-electron chi connectivity index (χ4n) is 2.02. The van der Waals surface area contributed by atoms with Crippen LogP contribution in [0.3, 0.4) is 0 Å². The van der Waals surface area contributed by atoms with Crippen LogP contribution in [-0.4, -0.2) is 50.9 Å². The first-order chi connectivity index (χ1) is 12.1. The third kappa shape index (κ3) is 8.85. The molecule has 1 aromatic carbocycles. The van der Waals surface area contributed by atoms with Crippen molar-refractivity contribution in [1.29, 1.82) is 0 Å².